The fourth-order valence-corrected chi connectivity index (χ4v) is 8.28. The van der Waals surface area contributed by atoms with Crippen LogP contribution in [0.2, 0.25) is 0 Å². The van der Waals surface area contributed by atoms with Crippen LogP contribution in [0.4, 0.5) is 34.1 Å². The maximum atomic E-state index is 2.32. The molecule has 0 unspecified atom stereocenters. The summed E-state index contributed by atoms with van der Waals surface area (Å²) in [5, 5.41) is 0. The summed E-state index contributed by atoms with van der Waals surface area (Å²) in [4.78, 5) is 4.64. The maximum Gasteiger partial charge on any atom is 0.0462 e. The third-order valence-electron chi connectivity index (χ3n) is 11.5. The van der Waals surface area contributed by atoms with Gasteiger partial charge in [0.15, 0.2) is 0 Å². The molecule has 0 aliphatic carbocycles. The Hall–Kier alpha value is -8.20. The zero-order valence-electron chi connectivity index (χ0n) is 34.3. The second kappa shape index (κ2) is 17.6. The molecule has 0 saturated carbocycles. The molecule has 0 aliphatic rings. The number of para-hydroxylation sites is 2. The van der Waals surface area contributed by atoms with Crippen LogP contribution in [-0.2, 0) is 0 Å². The normalized spacial score (nSPS) is 10.9. The molecule has 0 radical (unpaired) electrons. The molecule has 0 spiro atoms. The average Bonchev–Trinajstić information content (AvgIpc) is 3.36. The van der Waals surface area contributed by atoms with Gasteiger partial charge in [0.1, 0.15) is 0 Å². The van der Waals surface area contributed by atoms with E-state index in [0.717, 1.165) is 45.3 Å². The molecular formula is C60H44N2. The van der Waals surface area contributed by atoms with E-state index in [9.17, 15) is 0 Å². The lowest BCUT2D eigenvalue weighted by molar-refractivity contribution is 1.28. The Kier molecular flexibility index (Phi) is 10.8. The lowest BCUT2D eigenvalue weighted by atomic mass is 9.98. The highest BCUT2D eigenvalue weighted by Gasteiger charge is 2.16. The first-order valence-corrected chi connectivity index (χ1v) is 21.2. The van der Waals surface area contributed by atoms with Crippen molar-refractivity contribution in [2.24, 2.45) is 0 Å². The first-order chi connectivity index (χ1) is 30.7. The molecule has 10 aromatic rings. The van der Waals surface area contributed by atoms with Gasteiger partial charge in [-0.05, 0) is 141 Å². The summed E-state index contributed by atoms with van der Waals surface area (Å²) in [7, 11) is 0. The summed E-state index contributed by atoms with van der Waals surface area (Å²) < 4.78 is 0. The molecule has 0 N–H and O–H groups in total. The summed E-state index contributed by atoms with van der Waals surface area (Å²) in [5.74, 6) is 0. The Morgan fingerprint density at radius 2 is 0.339 bits per heavy atom. The van der Waals surface area contributed by atoms with Gasteiger partial charge >= 0.3 is 0 Å². The highest BCUT2D eigenvalue weighted by Crippen LogP contribution is 2.39. The van der Waals surface area contributed by atoms with Crippen LogP contribution in [0.15, 0.2) is 267 Å². The molecule has 0 heterocycles. The number of nitrogens with zero attached hydrogens (tertiary/aromatic N) is 2. The summed E-state index contributed by atoms with van der Waals surface area (Å²) >= 11 is 0. The highest BCUT2D eigenvalue weighted by molar-refractivity contribution is 5.83. The van der Waals surface area contributed by atoms with Crippen LogP contribution in [-0.4, -0.2) is 0 Å². The predicted molar refractivity (Wildman–Crippen MR) is 263 cm³/mol. The van der Waals surface area contributed by atoms with E-state index in [1.807, 2.05) is 0 Å². The zero-order valence-corrected chi connectivity index (χ0v) is 34.3. The molecule has 0 fully saturated rings. The molecule has 62 heavy (non-hydrogen) atoms. The van der Waals surface area contributed by atoms with E-state index in [-0.39, 0.29) is 0 Å². The molecule has 0 atom stereocenters. The number of rotatable bonds is 11. The summed E-state index contributed by atoms with van der Waals surface area (Å²) in [5.41, 5.74) is 18.6. The van der Waals surface area contributed by atoms with Gasteiger partial charge < -0.3 is 9.80 Å². The lowest BCUT2D eigenvalue weighted by Crippen LogP contribution is -2.10. The standard InChI is InChI=1S/C60H44N2/c1-5-15-45(16-6-1)51-19-13-21-53(43-51)49-31-39-59(40-32-49)61(55-23-9-3-10-24-55)57-35-27-47(28-36-57)48-29-37-58(38-30-48)62(56-25-11-4-12-26-56)60-41-33-50(34-42-60)54-22-14-20-52(44-54)46-17-7-2-8-18-46/h1-44H. The smallest absolute Gasteiger partial charge is 0.0462 e. The number of anilines is 6. The number of hydrogen-bond acceptors (Lipinski definition) is 2. The molecule has 294 valence electrons. The molecule has 2 nitrogen and oxygen atoms in total. The number of hydrogen-bond donors (Lipinski definition) is 0. The minimum absolute atomic E-state index is 1.10. The van der Waals surface area contributed by atoms with E-state index in [2.05, 4.69) is 277 Å². The van der Waals surface area contributed by atoms with Crippen molar-refractivity contribution in [3.05, 3.63) is 267 Å². The Labute approximate surface area is 364 Å². The van der Waals surface area contributed by atoms with E-state index < -0.39 is 0 Å². The third-order valence-corrected chi connectivity index (χ3v) is 11.5. The second-order valence-corrected chi connectivity index (χ2v) is 15.4. The van der Waals surface area contributed by atoms with Gasteiger partial charge in [-0.2, -0.15) is 0 Å². The van der Waals surface area contributed by atoms with E-state index >= 15 is 0 Å². The monoisotopic (exact) mass is 792 g/mol. The molecular weight excluding hydrogens is 749 g/mol. The minimum atomic E-state index is 1.10. The maximum absolute atomic E-state index is 2.32. The summed E-state index contributed by atoms with van der Waals surface area (Å²) in [6.07, 6.45) is 0. The molecule has 0 aliphatic heterocycles. The van der Waals surface area contributed by atoms with Crippen LogP contribution in [0.5, 0.6) is 0 Å². The Morgan fingerprint density at radius 3 is 0.613 bits per heavy atom. The van der Waals surface area contributed by atoms with Gasteiger partial charge in [0.2, 0.25) is 0 Å². The summed E-state index contributed by atoms with van der Waals surface area (Å²) in [6, 6.07) is 95.4. The average molecular weight is 793 g/mol. The Morgan fingerprint density at radius 1 is 0.145 bits per heavy atom. The second-order valence-electron chi connectivity index (χ2n) is 15.4. The quantitative estimate of drug-likeness (QED) is 0.129. The molecule has 0 amide bonds. The van der Waals surface area contributed by atoms with Gasteiger partial charge in [-0.1, -0.05) is 182 Å². The van der Waals surface area contributed by atoms with Crippen molar-refractivity contribution in [1.29, 1.82) is 0 Å². The lowest BCUT2D eigenvalue weighted by Gasteiger charge is -2.26. The van der Waals surface area contributed by atoms with Crippen LogP contribution >= 0.6 is 0 Å². The largest absolute Gasteiger partial charge is 0.311 e. The van der Waals surface area contributed by atoms with E-state index in [1.54, 1.807) is 0 Å². The summed E-state index contributed by atoms with van der Waals surface area (Å²) in [6.45, 7) is 0. The van der Waals surface area contributed by atoms with Crippen molar-refractivity contribution in [3.63, 3.8) is 0 Å². The first-order valence-electron chi connectivity index (χ1n) is 21.2. The van der Waals surface area contributed by atoms with Gasteiger partial charge in [0.25, 0.3) is 0 Å². The van der Waals surface area contributed by atoms with Crippen LogP contribution < -0.4 is 9.80 Å². The first kappa shape index (κ1) is 38.0. The van der Waals surface area contributed by atoms with E-state index in [0.29, 0.717) is 0 Å². The van der Waals surface area contributed by atoms with E-state index in [4.69, 9.17) is 0 Å². The van der Waals surface area contributed by atoms with Gasteiger partial charge in [-0.25, -0.2) is 0 Å². The highest BCUT2D eigenvalue weighted by atomic mass is 15.1. The van der Waals surface area contributed by atoms with Crippen molar-refractivity contribution in [3.8, 4) is 55.6 Å². The Bertz CT molecular complexity index is 2790. The van der Waals surface area contributed by atoms with Crippen molar-refractivity contribution < 1.29 is 0 Å². The molecule has 10 aromatic carbocycles. The van der Waals surface area contributed by atoms with Gasteiger partial charge in [-0.15, -0.1) is 0 Å². The van der Waals surface area contributed by atoms with Gasteiger partial charge in [0, 0.05) is 34.1 Å². The van der Waals surface area contributed by atoms with Crippen molar-refractivity contribution in [2.45, 2.75) is 0 Å². The van der Waals surface area contributed by atoms with Crippen LogP contribution in [0.3, 0.4) is 0 Å². The molecule has 0 saturated heterocycles. The molecule has 0 bridgehead atoms. The fourth-order valence-electron chi connectivity index (χ4n) is 8.28. The SMILES string of the molecule is c1ccc(-c2cccc(-c3ccc(N(c4ccccc4)c4ccc(-c5ccc(N(c6ccccc6)c6ccc(-c7cccc(-c8ccccc8)c7)cc6)cc5)cc4)cc3)c2)cc1. The van der Waals surface area contributed by atoms with Gasteiger partial charge in [0.05, 0.1) is 0 Å². The zero-order chi connectivity index (χ0) is 41.5. The van der Waals surface area contributed by atoms with Crippen molar-refractivity contribution >= 4 is 34.1 Å². The molecule has 10 rings (SSSR count). The van der Waals surface area contributed by atoms with Gasteiger partial charge in [-0.3, -0.25) is 0 Å². The van der Waals surface area contributed by atoms with Crippen molar-refractivity contribution in [2.75, 3.05) is 9.80 Å². The Balaban J connectivity index is 0.906. The van der Waals surface area contributed by atoms with Crippen LogP contribution in [0, 0.1) is 0 Å². The number of benzene rings is 10. The van der Waals surface area contributed by atoms with E-state index in [1.165, 1.54) is 44.5 Å². The van der Waals surface area contributed by atoms with Crippen molar-refractivity contribution in [1.82, 2.24) is 0 Å². The van der Waals surface area contributed by atoms with Crippen LogP contribution in [0.25, 0.3) is 55.6 Å². The fraction of sp³-hybridized carbons (Fsp3) is 0. The third kappa shape index (κ3) is 8.18. The minimum Gasteiger partial charge on any atom is -0.311 e. The predicted octanol–water partition coefficient (Wildman–Crippen LogP) is 17.0. The van der Waals surface area contributed by atoms with Crippen LogP contribution in [0.1, 0.15) is 0 Å². The topological polar surface area (TPSA) is 6.48 Å². The molecule has 2 heteroatoms. The molecule has 0 aromatic heterocycles.